The average molecular weight is 382 g/mol. The minimum Gasteiger partial charge on any atom is -0.384 e. The first-order valence-corrected chi connectivity index (χ1v) is 10.8. The molecule has 5 nitrogen and oxygen atoms in total. The van der Waals surface area contributed by atoms with Crippen LogP contribution in [0.15, 0.2) is 24.3 Å². The van der Waals surface area contributed by atoms with E-state index in [1.165, 1.54) is 49.8 Å². The predicted octanol–water partition coefficient (Wildman–Crippen LogP) is 5.13. The molecule has 0 amide bonds. The number of para-hydroxylation sites is 1. The first kappa shape index (κ1) is 20.6. The van der Waals surface area contributed by atoms with E-state index in [-0.39, 0.29) is 0 Å². The number of anilines is 1. The van der Waals surface area contributed by atoms with Gasteiger partial charge in [0.15, 0.2) is 5.65 Å². The number of nitrogens with one attached hydrogen (secondary N) is 1. The Morgan fingerprint density at radius 2 is 1.68 bits per heavy atom. The number of aryl methyl sites for hydroxylation is 2. The second-order valence-electron chi connectivity index (χ2n) is 7.74. The molecule has 28 heavy (non-hydrogen) atoms. The van der Waals surface area contributed by atoms with Crippen LogP contribution in [0.3, 0.4) is 0 Å². The summed E-state index contributed by atoms with van der Waals surface area (Å²) in [7, 11) is 1.97. The largest absolute Gasteiger partial charge is 0.384 e. The highest BCUT2D eigenvalue weighted by Gasteiger charge is 2.15. The molecule has 1 N–H and O–H groups in total. The zero-order chi connectivity index (χ0) is 19.9. The number of pyridine rings is 1. The van der Waals surface area contributed by atoms with Crippen LogP contribution in [-0.2, 0) is 7.05 Å². The summed E-state index contributed by atoms with van der Waals surface area (Å²) in [6.45, 7) is 11.2. The Labute approximate surface area is 169 Å². The van der Waals surface area contributed by atoms with Gasteiger partial charge in [-0.15, -0.1) is 0 Å². The Morgan fingerprint density at radius 3 is 2.39 bits per heavy atom. The van der Waals surface area contributed by atoms with Crippen LogP contribution < -0.4 is 5.32 Å². The standard InChI is InChI=1S/C23H35N5/c1-5-7-15-28(16-8-6-2)17-11-14-24-22-19-12-9-10-13-20(19)25-23-21(22)18(3)26-27(23)4/h9-10,12-13H,5-8,11,14-17H2,1-4H3,(H,24,25). The molecule has 0 aliphatic rings. The van der Waals surface area contributed by atoms with E-state index < -0.39 is 0 Å². The summed E-state index contributed by atoms with van der Waals surface area (Å²) < 4.78 is 1.89. The Kier molecular flexibility index (Phi) is 7.26. The number of fused-ring (bicyclic) bond motifs is 2. The number of rotatable bonds is 11. The van der Waals surface area contributed by atoms with Crippen molar-refractivity contribution in [3.8, 4) is 0 Å². The molecule has 0 spiro atoms. The Bertz CT molecular complexity index is 891. The van der Waals surface area contributed by atoms with E-state index >= 15 is 0 Å². The maximum atomic E-state index is 4.83. The molecule has 0 aliphatic heterocycles. The summed E-state index contributed by atoms with van der Waals surface area (Å²) in [5.74, 6) is 0. The van der Waals surface area contributed by atoms with Gasteiger partial charge >= 0.3 is 0 Å². The van der Waals surface area contributed by atoms with Crippen LogP contribution in [0.5, 0.6) is 0 Å². The van der Waals surface area contributed by atoms with E-state index in [2.05, 4.69) is 54.3 Å². The maximum absolute atomic E-state index is 4.83. The number of hydrogen-bond acceptors (Lipinski definition) is 4. The average Bonchev–Trinajstić information content (AvgIpc) is 2.99. The van der Waals surface area contributed by atoms with Crippen molar-refractivity contribution in [2.24, 2.45) is 7.05 Å². The summed E-state index contributed by atoms with van der Waals surface area (Å²) in [4.78, 5) is 7.46. The lowest BCUT2D eigenvalue weighted by Gasteiger charge is -2.22. The SMILES string of the molecule is CCCCN(CCCC)CCCNc1c2ccccc2nc2c1c(C)nn2C. The molecule has 0 fully saturated rings. The third kappa shape index (κ3) is 4.64. The third-order valence-electron chi connectivity index (χ3n) is 5.45. The summed E-state index contributed by atoms with van der Waals surface area (Å²) >= 11 is 0. The van der Waals surface area contributed by atoms with E-state index in [1.807, 2.05) is 17.8 Å². The van der Waals surface area contributed by atoms with Crippen LogP contribution in [0.4, 0.5) is 5.69 Å². The van der Waals surface area contributed by atoms with Crippen LogP contribution in [-0.4, -0.2) is 45.8 Å². The highest BCUT2D eigenvalue weighted by atomic mass is 15.3. The first-order chi connectivity index (χ1) is 13.7. The van der Waals surface area contributed by atoms with Gasteiger partial charge in [0.05, 0.1) is 22.3 Å². The van der Waals surface area contributed by atoms with Gasteiger partial charge in [-0.1, -0.05) is 44.9 Å². The van der Waals surface area contributed by atoms with E-state index in [1.54, 1.807) is 0 Å². The van der Waals surface area contributed by atoms with Crippen LogP contribution in [0, 0.1) is 6.92 Å². The molecule has 3 aromatic rings. The molecule has 0 atom stereocenters. The molecular formula is C23H35N5. The van der Waals surface area contributed by atoms with Gasteiger partial charge in [-0.3, -0.25) is 4.68 Å². The molecule has 0 radical (unpaired) electrons. The minimum absolute atomic E-state index is 0.950. The van der Waals surface area contributed by atoms with Crippen molar-refractivity contribution in [3.63, 3.8) is 0 Å². The molecule has 0 unspecified atom stereocenters. The number of aromatic nitrogens is 3. The lowest BCUT2D eigenvalue weighted by molar-refractivity contribution is 0.264. The van der Waals surface area contributed by atoms with Crippen LogP contribution in [0.2, 0.25) is 0 Å². The molecule has 0 saturated heterocycles. The minimum atomic E-state index is 0.950. The summed E-state index contributed by atoms with van der Waals surface area (Å²) in [5, 5.41) is 10.7. The second kappa shape index (κ2) is 9.87. The highest BCUT2D eigenvalue weighted by molar-refractivity contribution is 6.07. The van der Waals surface area contributed by atoms with Gasteiger partial charge in [0.25, 0.3) is 0 Å². The Hall–Kier alpha value is -2.14. The summed E-state index contributed by atoms with van der Waals surface area (Å²) in [5.41, 5.74) is 4.19. The van der Waals surface area contributed by atoms with E-state index in [4.69, 9.17) is 4.98 Å². The monoisotopic (exact) mass is 381 g/mol. The predicted molar refractivity (Wildman–Crippen MR) is 120 cm³/mol. The van der Waals surface area contributed by atoms with Crippen molar-refractivity contribution in [2.45, 2.75) is 52.9 Å². The molecule has 5 heteroatoms. The highest BCUT2D eigenvalue weighted by Crippen LogP contribution is 2.32. The molecule has 152 valence electrons. The smallest absolute Gasteiger partial charge is 0.160 e. The van der Waals surface area contributed by atoms with Crippen molar-refractivity contribution in [1.29, 1.82) is 0 Å². The molecule has 1 aromatic carbocycles. The molecule has 0 saturated carbocycles. The molecule has 0 bridgehead atoms. The lowest BCUT2D eigenvalue weighted by atomic mass is 10.1. The van der Waals surface area contributed by atoms with Gasteiger partial charge in [-0.25, -0.2) is 4.98 Å². The van der Waals surface area contributed by atoms with E-state index in [9.17, 15) is 0 Å². The Balaban J connectivity index is 1.74. The quantitative estimate of drug-likeness (QED) is 0.468. The molecule has 2 heterocycles. The van der Waals surface area contributed by atoms with Crippen molar-refractivity contribution >= 4 is 27.6 Å². The summed E-state index contributed by atoms with van der Waals surface area (Å²) in [6.07, 6.45) is 6.26. The summed E-state index contributed by atoms with van der Waals surface area (Å²) in [6, 6.07) is 8.38. The fraction of sp³-hybridized carbons (Fsp3) is 0.565. The van der Waals surface area contributed by atoms with Crippen molar-refractivity contribution in [3.05, 3.63) is 30.0 Å². The first-order valence-electron chi connectivity index (χ1n) is 10.8. The van der Waals surface area contributed by atoms with Crippen LogP contribution in [0.1, 0.15) is 51.6 Å². The topological polar surface area (TPSA) is 46.0 Å². The van der Waals surface area contributed by atoms with Gasteiger partial charge in [0, 0.05) is 19.0 Å². The van der Waals surface area contributed by atoms with Gasteiger partial charge < -0.3 is 10.2 Å². The molecular weight excluding hydrogens is 346 g/mol. The van der Waals surface area contributed by atoms with Crippen LogP contribution in [0.25, 0.3) is 21.9 Å². The van der Waals surface area contributed by atoms with Gasteiger partial charge in [0.2, 0.25) is 0 Å². The molecule has 3 rings (SSSR count). The molecule has 2 aromatic heterocycles. The lowest BCUT2D eigenvalue weighted by Crippen LogP contribution is -2.28. The van der Waals surface area contributed by atoms with Crippen molar-refractivity contribution in [1.82, 2.24) is 19.7 Å². The molecule has 0 aliphatic carbocycles. The van der Waals surface area contributed by atoms with Crippen molar-refractivity contribution in [2.75, 3.05) is 31.5 Å². The van der Waals surface area contributed by atoms with Crippen LogP contribution >= 0.6 is 0 Å². The second-order valence-corrected chi connectivity index (χ2v) is 7.74. The normalized spacial score (nSPS) is 11.8. The maximum Gasteiger partial charge on any atom is 0.160 e. The Morgan fingerprint density at radius 1 is 1.00 bits per heavy atom. The third-order valence-corrected chi connectivity index (χ3v) is 5.45. The van der Waals surface area contributed by atoms with Gasteiger partial charge in [-0.05, 0) is 51.9 Å². The van der Waals surface area contributed by atoms with E-state index in [0.717, 1.165) is 41.8 Å². The number of hydrogen-bond donors (Lipinski definition) is 1. The van der Waals surface area contributed by atoms with Crippen molar-refractivity contribution < 1.29 is 0 Å². The number of nitrogens with zero attached hydrogens (tertiary/aromatic N) is 4. The fourth-order valence-electron chi connectivity index (χ4n) is 3.90. The van der Waals surface area contributed by atoms with E-state index in [0.29, 0.717) is 0 Å². The zero-order valence-electron chi connectivity index (χ0n) is 18.0. The van der Waals surface area contributed by atoms with Gasteiger partial charge in [0.1, 0.15) is 0 Å². The fourth-order valence-corrected chi connectivity index (χ4v) is 3.90. The number of unbranched alkanes of at least 4 members (excludes halogenated alkanes) is 2. The zero-order valence-corrected chi connectivity index (χ0v) is 18.0. The number of benzene rings is 1. The van der Waals surface area contributed by atoms with Gasteiger partial charge in [-0.2, -0.15) is 5.10 Å².